The Morgan fingerprint density at radius 3 is 2.60 bits per heavy atom. The van der Waals surface area contributed by atoms with Crippen molar-refractivity contribution < 1.29 is 19.1 Å². The van der Waals surface area contributed by atoms with Crippen LogP contribution in [0.1, 0.15) is 58.3 Å². The number of carbonyl (C=O) groups excluding carboxylic acids is 3. The minimum Gasteiger partial charge on any atom is -0.443 e. The lowest BCUT2D eigenvalue weighted by Gasteiger charge is -2.30. The summed E-state index contributed by atoms with van der Waals surface area (Å²) in [5, 5.41) is 7.63. The van der Waals surface area contributed by atoms with E-state index in [1.165, 1.54) is 6.92 Å². The number of nitrogens with one attached hydrogen (secondary N) is 1. The van der Waals surface area contributed by atoms with Crippen LogP contribution in [0, 0.1) is 6.92 Å². The van der Waals surface area contributed by atoms with Gasteiger partial charge in [0.1, 0.15) is 11.6 Å². The maximum absolute atomic E-state index is 13.1. The highest BCUT2D eigenvalue weighted by atomic mass is 16.6. The Morgan fingerprint density at radius 1 is 1.33 bits per heavy atom. The van der Waals surface area contributed by atoms with E-state index in [0.29, 0.717) is 32.5 Å². The number of nitrogens with zero attached hydrogens (tertiary/aromatic N) is 4. The number of aryl methyl sites for hydroxylation is 2. The summed E-state index contributed by atoms with van der Waals surface area (Å²) in [7, 11) is 1.90. The topological polar surface area (TPSA) is 96.8 Å². The molecule has 0 unspecified atom stereocenters. The first-order valence-electron chi connectivity index (χ1n) is 10.5. The van der Waals surface area contributed by atoms with E-state index in [-0.39, 0.29) is 18.4 Å². The van der Waals surface area contributed by atoms with Crippen LogP contribution in [-0.2, 0) is 27.9 Å². The summed E-state index contributed by atoms with van der Waals surface area (Å²) in [6, 6.07) is 1.42. The van der Waals surface area contributed by atoms with E-state index in [0.717, 1.165) is 22.7 Å². The molecule has 1 fully saturated rings. The largest absolute Gasteiger partial charge is 0.443 e. The number of likely N-dealkylation sites (tertiary alicyclic amines) is 1. The van der Waals surface area contributed by atoms with Crippen molar-refractivity contribution in [3.8, 4) is 0 Å². The fraction of sp³-hybridized carbons (Fsp3) is 0.714. The van der Waals surface area contributed by atoms with E-state index in [2.05, 4.69) is 10.4 Å². The van der Waals surface area contributed by atoms with Crippen molar-refractivity contribution in [3.05, 3.63) is 17.5 Å². The molecule has 168 valence electrons. The van der Waals surface area contributed by atoms with Crippen molar-refractivity contribution in [2.24, 2.45) is 7.05 Å². The molecule has 1 aliphatic rings. The second kappa shape index (κ2) is 10.1. The normalized spacial score (nSPS) is 16.6. The molecule has 0 bridgehead atoms. The highest BCUT2D eigenvalue weighted by molar-refractivity contribution is 5.97. The molecule has 1 N–H and O–H groups in total. The van der Waals surface area contributed by atoms with Crippen LogP contribution in [0.15, 0.2) is 6.07 Å². The molecular formula is C21H35N5O4. The van der Waals surface area contributed by atoms with Gasteiger partial charge in [-0.15, -0.1) is 0 Å². The first-order valence-corrected chi connectivity index (χ1v) is 10.5. The molecule has 1 aliphatic heterocycles. The van der Waals surface area contributed by atoms with Crippen molar-refractivity contribution in [3.63, 3.8) is 0 Å². The molecule has 0 saturated carbocycles. The third kappa shape index (κ3) is 6.55. The van der Waals surface area contributed by atoms with Gasteiger partial charge in [0.2, 0.25) is 5.91 Å². The van der Waals surface area contributed by atoms with Crippen LogP contribution >= 0.6 is 0 Å². The number of imide groups is 1. The summed E-state index contributed by atoms with van der Waals surface area (Å²) < 4.78 is 7.28. The third-order valence-corrected chi connectivity index (χ3v) is 4.96. The molecule has 3 amide bonds. The predicted octanol–water partition coefficient (Wildman–Crippen LogP) is 1.98. The smallest absolute Gasteiger partial charge is 0.417 e. The molecule has 9 heteroatoms. The maximum atomic E-state index is 13.1. The molecule has 1 aromatic rings. The van der Waals surface area contributed by atoms with E-state index in [9.17, 15) is 14.4 Å². The zero-order chi connectivity index (χ0) is 22.5. The van der Waals surface area contributed by atoms with Crippen molar-refractivity contribution >= 4 is 17.9 Å². The molecule has 9 nitrogen and oxygen atoms in total. The van der Waals surface area contributed by atoms with E-state index < -0.39 is 17.7 Å². The summed E-state index contributed by atoms with van der Waals surface area (Å²) in [6.07, 6.45) is 1.24. The van der Waals surface area contributed by atoms with E-state index in [1.54, 1.807) is 25.7 Å². The number of hydrogen-bond acceptors (Lipinski definition) is 6. The highest BCUT2D eigenvalue weighted by Gasteiger charge is 2.38. The van der Waals surface area contributed by atoms with Gasteiger partial charge in [0.25, 0.3) is 5.91 Å². The molecule has 0 spiro atoms. The van der Waals surface area contributed by atoms with E-state index in [4.69, 9.17) is 4.74 Å². The van der Waals surface area contributed by atoms with Crippen LogP contribution in [0.2, 0.25) is 0 Å². The predicted molar refractivity (Wildman–Crippen MR) is 113 cm³/mol. The average Bonchev–Trinajstić information content (AvgIpc) is 3.22. The average molecular weight is 422 g/mol. The zero-order valence-electron chi connectivity index (χ0n) is 19.0. The Balaban J connectivity index is 1.97. The quantitative estimate of drug-likeness (QED) is 0.676. The monoisotopic (exact) mass is 421 g/mol. The van der Waals surface area contributed by atoms with Gasteiger partial charge in [0, 0.05) is 33.6 Å². The number of rotatable bonds is 7. The van der Waals surface area contributed by atoms with Gasteiger partial charge in [-0.25, -0.2) is 9.69 Å². The summed E-state index contributed by atoms with van der Waals surface area (Å²) in [5.74, 6) is -0.512. The molecule has 1 atom stereocenters. The maximum Gasteiger partial charge on any atom is 0.417 e. The number of hydrogen-bond donors (Lipinski definition) is 1. The van der Waals surface area contributed by atoms with Gasteiger partial charge in [0.15, 0.2) is 0 Å². The van der Waals surface area contributed by atoms with Crippen LogP contribution in [-0.4, -0.2) is 68.8 Å². The lowest BCUT2D eigenvalue weighted by atomic mass is 10.2. The number of amides is 3. The number of aromatic nitrogens is 2. The first-order chi connectivity index (χ1) is 14.0. The van der Waals surface area contributed by atoms with Gasteiger partial charge in [0.05, 0.1) is 11.4 Å². The van der Waals surface area contributed by atoms with Gasteiger partial charge >= 0.3 is 6.09 Å². The van der Waals surface area contributed by atoms with Crippen molar-refractivity contribution in [1.29, 1.82) is 0 Å². The molecule has 1 aromatic heterocycles. The van der Waals surface area contributed by atoms with E-state index >= 15 is 0 Å². The molecule has 0 aliphatic carbocycles. The molecule has 30 heavy (non-hydrogen) atoms. The molecule has 0 aromatic carbocycles. The van der Waals surface area contributed by atoms with Crippen LogP contribution in [0.4, 0.5) is 4.79 Å². The second-order valence-electron chi connectivity index (χ2n) is 8.77. The third-order valence-electron chi connectivity index (χ3n) is 4.96. The molecule has 0 radical (unpaired) electrons. The van der Waals surface area contributed by atoms with Gasteiger partial charge in [-0.05, 0) is 59.6 Å². The Kier molecular flexibility index (Phi) is 8.00. The van der Waals surface area contributed by atoms with E-state index in [1.807, 2.05) is 24.7 Å². The SMILES string of the molecule is CC(=O)N1CCC[C@H]1C(=O)N(CCCNCc1cc(C)nn1C)C(=O)OC(C)(C)C. The lowest BCUT2D eigenvalue weighted by molar-refractivity contribution is -0.142. The van der Waals surface area contributed by atoms with Crippen LogP contribution < -0.4 is 5.32 Å². The van der Waals surface area contributed by atoms with Gasteiger partial charge in [-0.1, -0.05) is 0 Å². The number of ether oxygens (including phenoxy) is 1. The zero-order valence-corrected chi connectivity index (χ0v) is 19.0. The Hall–Kier alpha value is -2.42. The Morgan fingerprint density at radius 2 is 2.03 bits per heavy atom. The van der Waals surface area contributed by atoms with Crippen LogP contribution in [0.5, 0.6) is 0 Å². The Bertz CT molecular complexity index is 768. The fourth-order valence-corrected chi connectivity index (χ4v) is 3.60. The number of carbonyl (C=O) groups is 3. The lowest BCUT2D eigenvalue weighted by Crippen LogP contribution is -2.51. The summed E-state index contributed by atoms with van der Waals surface area (Å²) in [5.41, 5.74) is 1.32. The van der Waals surface area contributed by atoms with Crippen LogP contribution in [0.25, 0.3) is 0 Å². The minimum atomic E-state index is -0.707. The van der Waals surface area contributed by atoms with Crippen LogP contribution in [0.3, 0.4) is 0 Å². The molecule has 1 saturated heterocycles. The Labute approximate surface area is 178 Å². The fourth-order valence-electron chi connectivity index (χ4n) is 3.60. The standard InChI is InChI=1S/C21H35N5O4/c1-15-13-17(24(6)23-15)14-22-10-8-12-26(20(29)30-21(3,4)5)19(28)18-9-7-11-25(18)16(2)27/h13,18,22H,7-12,14H2,1-6H3/t18-/m0/s1. The summed E-state index contributed by atoms with van der Waals surface area (Å²) in [4.78, 5) is 40.4. The molecular weight excluding hydrogens is 386 g/mol. The van der Waals surface area contributed by atoms with Gasteiger partial charge in [-0.3, -0.25) is 14.3 Å². The van der Waals surface area contributed by atoms with Crippen molar-refractivity contribution in [1.82, 2.24) is 24.9 Å². The van der Waals surface area contributed by atoms with Gasteiger partial charge < -0.3 is 15.0 Å². The van der Waals surface area contributed by atoms with Crippen molar-refractivity contribution in [2.75, 3.05) is 19.6 Å². The minimum absolute atomic E-state index is 0.150. The molecule has 2 rings (SSSR count). The van der Waals surface area contributed by atoms with Gasteiger partial charge in [-0.2, -0.15) is 5.10 Å². The highest BCUT2D eigenvalue weighted by Crippen LogP contribution is 2.21. The first kappa shape index (κ1) is 23.9. The second-order valence-corrected chi connectivity index (χ2v) is 8.77. The summed E-state index contributed by atoms with van der Waals surface area (Å²) in [6.45, 7) is 10.7. The molecule has 2 heterocycles. The van der Waals surface area contributed by atoms with Crippen molar-refractivity contribution in [2.45, 2.75) is 72.1 Å². The summed E-state index contributed by atoms with van der Waals surface area (Å²) >= 11 is 0.